The highest BCUT2D eigenvalue weighted by molar-refractivity contribution is 7.89. The molecule has 0 spiro atoms. The second-order valence-corrected chi connectivity index (χ2v) is 7.81. The van der Waals surface area contributed by atoms with Crippen molar-refractivity contribution in [2.24, 2.45) is 0 Å². The second-order valence-electron chi connectivity index (χ2n) is 6.04. The second kappa shape index (κ2) is 8.78. The molecule has 0 aromatic heterocycles. The topological polar surface area (TPSA) is 83.5 Å². The van der Waals surface area contributed by atoms with E-state index in [4.69, 9.17) is 5.11 Å². The fourth-order valence-corrected chi connectivity index (χ4v) is 3.72. The first kappa shape index (κ1) is 19.1. The average molecular weight is 361 g/mol. The van der Waals surface area contributed by atoms with E-state index < -0.39 is 16.0 Å². The van der Waals surface area contributed by atoms with Crippen molar-refractivity contribution in [3.8, 4) is 0 Å². The molecule has 0 bridgehead atoms. The molecule has 0 saturated heterocycles. The van der Waals surface area contributed by atoms with E-state index in [1.807, 2.05) is 37.3 Å². The van der Waals surface area contributed by atoms with E-state index in [1.165, 1.54) is 0 Å². The molecule has 0 heterocycles. The summed E-state index contributed by atoms with van der Waals surface area (Å²) < 4.78 is 27.3. The highest BCUT2D eigenvalue weighted by Gasteiger charge is 2.17. The Bertz CT molecular complexity index is 786. The van der Waals surface area contributed by atoms with Gasteiger partial charge in [0.25, 0.3) is 0 Å². The molecule has 25 heavy (non-hydrogen) atoms. The van der Waals surface area contributed by atoms with Crippen molar-refractivity contribution in [3.63, 3.8) is 0 Å². The number of carboxylic acid groups (broad SMARTS) is 1. The van der Waals surface area contributed by atoms with E-state index >= 15 is 0 Å². The van der Waals surface area contributed by atoms with Crippen molar-refractivity contribution in [3.05, 3.63) is 65.7 Å². The van der Waals surface area contributed by atoms with Gasteiger partial charge in [-0.25, -0.2) is 13.1 Å². The SMILES string of the molecule is Cc1ccc(S(=O)(=O)NCCC(CCC(=O)O)c2ccccc2)cc1. The Hall–Kier alpha value is -2.18. The van der Waals surface area contributed by atoms with Crippen LogP contribution in [0.25, 0.3) is 0 Å². The van der Waals surface area contributed by atoms with Gasteiger partial charge in [-0.2, -0.15) is 0 Å². The summed E-state index contributed by atoms with van der Waals surface area (Å²) in [7, 11) is -3.55. The lowest BCUT2D eigenvalue weighted by Crippen LogP contribution is -2.26. The van der Waals surface area contributed by atoms with Crippen LogP contribution in [0.3, 0.4) is 0 Å². The maximum absolute atomic E-state index is 12.3. The van der Waals surface area contributed by atoms with Gasteiger partial charge >= 0.3 is 5.97 Å². The highest BCUT2D eigenvalue weighted by Crippen LogP contribution is 2.24. The number of nitrogens with one attached hydrogen (secondary N) is 1. The minimum Gasteiger partial charge on any atom is -0.481 e. The van der Waals surface area contributed by atoms with E-state index in [2.05, 4.69) is 4.72 Å². The molecule has 2 aromatic rings. The zero-order valence-electron chi connectivity index (χ0n) is 14.2. The van der Waals surface area contributed by atoms with Crippen LogP contribution in [0.4, 0.5) is 0 Å². The lowest BCUT2D eigenvalue weighted by molar-refractivity contribution is -0.137. The summed E-state index contributed by atoms with van der Waals surface area (Å²) in [5.41, 5.74) is 2.02. The molecule has 0 fully saturated rings. The summed E-state index contributed by atoms with van der Waals surface area (Å²) in [4.78, 5) is 11.1. The van der Waals surface area contributed by atoms with Crippen molar-refractivity contribution in [1.29, 1.82) is 0 Å². The van der Waals surface area contributed by atoms with Crippen LogP contribution in [0.1, 0.15) is 36.3 Å². The molecule has 5 nitrogen and oxygen atoms in total. The summed E-state index contributed by atoms with van der Waals surface area (Å²) in [5, 5.41) is 8.92. The third kappa shape index (κ3) is 5.99. The van der Waals surface area contributed by atoms with Crippen LogP contribution in [0.5, 0.6) is 0 Å². The predicted octanol–water partition coefficient (Wildman–Crippen LogP) is 3.31. The largest absolute Gasteiger partial charge is 0.481 e. The predicted molar refractivity (Wildman–Crippen MR) is 97.0 cm³/mol. The van der Waals surface area contributed by atoms with E-state index in [0.29, 0.717) is 12.8 Å². The molecule has 1 unspecified atom stereocenters. The molecule has 0 aliphatic rings. The molecule has 1 atom stereocenters. The summed E-state index contributed by atoms with van der Waals surface area (Å²) in [5.74, 6) is -0.848. The minimum atomic E-state index is -3.55. The molecule has 0 radical (unpaired) electrons. The van der Waals surface area contributed by atoms with Crippen molar-refractivity contribution in [1.82, 2.24) is 4.72 Å². The molecule has 0 aliphatic heterocycles. The quantitative estimate of drug-likeness (QED) is 0.718. The van der Waals surface area contributed by atoms with Gasteiger partial charge in [-0.05, 0) is 43.4 Å². The first-order valence-corrected chi connectivity index (χ1v) is 9.70. The van der Waals surface area contributed by atoms with Gasteiger partial charge in [0.1, 0.15) is 0 Å². The van der Waals surface area contributed by atoms with Crippen molar-refractivity contribution in [2.75, 3.05) is 6.54 Å². The Morgan fingerprint density at radius 3 is 2.28 bits per heavy atom. The summed E-state index contributed by atoms with van der Waals surface area (Å²) in [6.45, 7) is 2.16. The number of aliphatic carboxylic acids is 1. The van der Waals surface area contributed by atoms with Gasteiger partial charge in [0.2, 0.25) is 10.0 Å². The molecular weight excluding hydrogens is 338 g/mol. The first-order chi connectivity index (χ1) is 11.9. The standard InChI is InChI=1S/C19H23NO4S/c1-15-7-10-18(11-8-15)25(23,24)20-14-13-17(9-12-19(21)22)16-5-3-2-4-6-16/h2-8,10-11,17,20H,9,12-14H2,1H3,(H,21,22). The maximum Gasteiger partial charge on any atom is 0.303 e. The van der Waals surface area contributed by atoms with Gasteiger partial charge in [0.05, 0.1) is 4.90 Å². The number of hydrogen-bond donors (Lipinski definition) is 2. The minimum absolute atomic E-state index is 0.00184. The van der Waals surface area contributed by atoms with Gasteiger partial charge in [-0.1, -0.05) is 48.0 Å². The van der Waals surface area contributed by atoms with E-state index in [9.17, 15) is 13.2 Å². The maximum atomic E-state index is 12.3. The summed E-state index contributed by atoms with van der Waals surface area (Å²) in [6, 6.07) is 16.3. The van der Waals surface area contributed by atoms with Crippen LogP contribution in [0.2, 0.25) is 0 Å². The summed E-state index contributed by atoms with van der Waals surface area (Å²) in [6.07, 6.45) is 1.08. The lowest BCUT2D eigenvalue weighted by Gasteiger charge is -2.17. The number of benzene rings is 2. The van der Waals surface area contributed by atoms with Crippen molar-refractivity contribution >= 4 is 16.0 Å². The van der Waals surface area contributed by atoms with Gasteiger partial charge in [-0.3, -0.25) is 4.79 Å². The molecule has 2 N–H and O–H groups in total. The van der Waals surface area contributed by atoms with Gasteiger partial charge in [0.15, 0.2) is 0 Å². The Kier molecular flexibility index (Phi) is 6.73. The molecule has 2 rings (SSSR count). The van der Waals surface area contributed by atoms with E-state index in [0.717, 1.165) is 11.1 Å². The monoisotopic (exact) mass is 361 g/mol. The molecule has 2 aromatic carbocycles. The van der Waals surface area contributed by atoms with Crippen LogP contribution in [0.15, 0.2) is 59.5 Å². The summed E-state index contributed by atoms with van der Waals surface area (Å²) >= 11 is 0. The lowest BCUT2D eigenvalue weighted by atomic mass is 9.91. The number of aryl methyl sites for hydroxylation is 1. The Morgan fingerprint density at radius 1 is 1.04 bits per heavy atom. The third-order valence-corrected chi connectivity index (χ3v) is 5.57. The fraction of sp³-hybridized carbons (Fsp3) is 0.316. The van der Waals surface area contributed by atoms with Gasteiger partial charge in [0, 0.05) is 13.0 Å². The van der Waals surface area contributed by atoms with Crippen molar-refractivity contribution in [2.45, 2.75) is 37.0 Å². The fourth-order valence-electron chi connectivity index (χ4n) is 2.67. The smallest absolute Gasteiger partial charge is 0.303 e. The van der Waals surface area contributed by atoms with Crippen molar-refractivity contribution < 1.29 is 18.3 Å². The molecule has 0 aliphatic carbocycles. The van der Waals surface area contributed by atoms with Crippen LogP contribution in [0, 0.1) is 6.92 Å². The van der Waals surface area contributed by atoms with Gasteiger partial charge < -0.3 is 5.11 Å². The van der Waals surface area contributed by atoms with E-state index in [1.54, 1.807) is 24.3 Å². The first-order valence-electron chi connectivity index (χ1n) is 8.21. The molecule has 0 saturated carbocycles. The Morgan fingerprint density at radius 2 is 1.68 bits per heavy atom. The number of carbonyl (C=O) groups is 1. The Balaban J connectivity index is 2.00. The zero-order valence-corrected chi connectivity index (χ0v) is 15.0. The third-order valence-electron chi connectivity index (χ3n) is 4.09. The normalized spacial score (nSPS) is 12.7. The number of hydrogen-bond acceptors (Lipinski definition) is 3. The van der Waals surface area contributed by atoms with Crippen LogP contribution in [-0.2, 0) is 14.8 Å². The molecule has 134 valence electrons. The number of sulfonamides is 1. The van der Waals surface area contributed by atoms with Crippen LogP contribution in [-0.4, -0.2) is 26.0 Å². The Labute approximate surface area is 148 Å². The van der Waals surface area contributed by atoms with Gasteiger partial charge in [-0.15, -0.1) is 0 Å². The number of carboxylic acids is 1. The average Bonchev–Trinajstić information content (AvgIpc) is 2.59. The zero-order chi connectivity index (χ0) is 18.3. The number of rotatable bonds is 9. The highest BCUT2D eigenvalue weighted by atomic mass is 32.2. The molecule has 6 heteroatoms. The molecule has 0 amide bonds. The van der Waals surface area contributed by atoms with Crippen LogP contribution < -0.4 is 4.72 Å². The molecular formula is C19H23NO4S. The van der Waals surface area contributed by atoms with Crippen LogP contribution >= 0.6 is 0 Å². The van der Waals surface area contributed by atoms with E-state index in [-0.39, 0.29) is 23.8 Å².